The lowest BCUT2D eigenvalue weighted by atomic mass is 10.2. The van der Waals surface area contributed by atoms with Gasteiger partial charge in [0, 0.05) is 19.2 Å². The summed E-state index contributed by atoms with van der Waals surface area (Å²) in [5.74, 6) is 2.52. The minimum absolute atomic E-state index is 0.00394. The molecule has 164 valence electrons. The van der Waals surface area contributed by atoms with Crippen LogP contribution in [0.1, 0.15) is 11.3 Å². The Labute approximate surface area is 191 Å². The Balaban J connectivity index is 1.44. The normalized spacial score (nSPS) is 10.8. The molecule has 8 heteroatoms. The molecule has 0 aliphatic rings. The van der Waals surface area contributed by atoms with Crippen LogP contribution >= 0.6 is 11.8 Å². The Hall–Kier alpha value is -3.52. The van der Waals surface area contributed by atoms with Gasteiger partial charge in [0.25, 0.3) is 0 Å². The van der Waals surface area contributed by atoms with Crippen LogP contribution in [0.15, 0.2) is 82.6 Å². The van der Waals surface area contributed by atoms with E-state index >= 15 is 0 Å². The molecule has 4 aromatic rings. The fourth-order valence-corrected chi connectivity index (χ4v) is 4.09. The van der Waals surface area contributed by atoms with Crippen LogP contribution in [0.3, 0.4) is 0 Å². The molecule has 0 atom stereocenters. The van der Waals surface area contributed by atoms with E-state index in [1.54, 1.807) is 18.3 Å². The van der Waals surface area contributed by atoms with Gasteiger partial charge in [0.1, 0.15) is 11.5 Å². The average Bonchev–Trinajstić information content (AvgIpc) is 3.47. The Morgan fingerprint density at radius 3 is 2.50 bits per heavy atom. The molecule has 0 radical (unpaired) electrons. The molecule has 0 saturated carbocycles. The van der Waals surface area contributed by atoms with Crippen LogP contribution in [-0.2, 0) is 24.9 Å². The molecule has 1 amide bonds. The van der Waals surface area contributed by atoms with E-state index in [2.05, 4.69) is 10.2 Å². The van der Waals surface area contributed by atoms with Crippen molar-refractivity contribution in [2.24, 2.45) is 7.05 Å². The second-order valence-electron chi connectivity index (χ2n) is 7.20. The lowest BCUT2D eigenvalue weighted by Gasteiger charge is -2.21. The van der Waals surface area contributed by atoms with E-state index in [0.717, 1.165) is 28.5 Å². The van der Waals surface area contributed by atoms with Crippen LogP contribution < -0.4 is 4.74 Å². The molecule has 0 spiro atoms. The van der Waals surface area contributed by atoms with Crippen molar-refractivity contribution in [2.75, 3.05) is 12.9 Å². The molecular weight excluding hydrogens is 424 g/mol. The second-order valence-corrected chi connectivity index (χ2v) is 8.14. The number of thioether (sulfide) groups is 1. The molecule has 2 aromatic heterocycles. The molecule has 7 nitrogen and oxygen atoms in total. The van der Waals surface area contributed by atoms with Gasteiger partial charge >= 0.3 is 0 Å². The predicted molar refractivity (Wildman–Crippen MR) is 123 cm³/mol. The number of amides is 1. The van der Waals surface area contributed by atoms with Crippen LogP contribution in [0.2, 0.25) is 0 Å². The zero-order valence-corrected chi connectivity index (χ0v) is 18.8. The smallest absolute Gasteiger partial charge is 0.233 e. The highest BCUT2D eigenvalue weighted by molar-refractivity contribution is 7.99. The fourth-order valence-electron chi connectivity index (χ4n) is 3.28. The van der Waals surface area contributed by atoms with Crippen LogP contribution in [0, 0.1) is 0 Å². The summed E-state index contributed by atoms with van der Waals surface area (Å²) in [5, 5.41) is 9.27. The van der Waals surface area contributed by atoms with Gasteiger partial charge in [0.15, 0.2) is 11.0 Å². The summed E-state index contributed by atoms with van der Waals surface area (Å²) >= 11 is 1.37. The minimum atomic E-state index is 0.00394. The van der Waals surface area contributed by atoms with Crippen molar-refractivity contribution in [3.8, 4) is 17.1 Å². The van der Waals surface area contributed by atoms with E-state index in [9.17, 15) is 4.79 Å². The summed E-state index contributed by atoms with van der Waals surface area (Å²) in [7, 11) is 3.53. The van der Waals surface area contributed by atoms with Crippen LogP contribution in [0.4, 0.5) is 0 Å². The molecule has 2 aromatic carbocycles. The van der Waals surface area contributed by atoms with Crippen LogP contribution in [0.5, 0.6) is 5.75 Å². The number of methoxy groups -OCH3 is 1. The summed E-state index contributed by atoms with van der Waals surface area (Å²) in [5.41, 5.74) is 2.00. The Kier molecular flexibility index (Phi) is 6.91. The van der Waals surface area contributed by atoms with Gasteiger partial charge in [0.2, 0.25) is 5.91 Å². The van der Waals surface area contributed by atoms with Crippen molar-refractivity contribution >= 4 is 17.7 Å². The summed E-state index contributed by atoms with van der Waals surface area (Å²) in [6.07, 6.45) is 1.62. The third-order valence-electron chi connectivity index (χ3n) is 5.00. The maximum atomic E-state index is 13.1. The number of nitrogens with zero attached hydrogens (tertiary/aromatic N) is 4. The van der Waals surface area contributed by atoms with Gasteiger partial charge in [-0.2, -0.15) is 0 Å². The van der Waals surface area contributed by atoms with Gasteiger partial charge in [-0.15, -0.1) is 10.2 Å². The molecule has 0 bridgehead atoms. The average molecular weight is 449 g/mol. The molecule has 4 rings (SSSR count). The quantitative estimate of drug-likeness (QED) is 0.353. The Bertz CT molecular complexity index is 1140. The summed E-state index contributed by atoms with van der Waals surface area (Å²) in [4.78, 5) is 14.9. The van der Waals surface area contributed by atoms with Gasteiger partial charge in [-0.25, -0.2) is 0 Å². The highest BCUT2D eigenvalue weighted by atomic mass is 32.2. The number of benzene rings is 2. The first-order chi connectivity index (χ1) is 15.6. The van der Waals surface area contributed by atoms with Gasteiger partial charge in [-0.05, 0) is 42.0 Å². The molecule has 0 N–H and O–H groups in total. The zero-order valence-electron chi connectivity index (χ0n) is 18.0. The molecule has 0 unspecified atom stereocenters. The van der Waals surface area contributed by atoms with E-state index < -0.39 is 0 Å². The number of hydrogen-bond donors (Lipinski definition) is 0. The summed E-state index contributed by atoms with van der Waals surface area (Å²) in [6.45, 7) is 0.925. The number of rotatable bonds is 9. The maximum Gasteiger partial charge on any atom is 0.233 e. The van der Waals surface area contributed by atoms with Crippen LogP contribution in [-0.4, -0.2) is 38.4 Å². The van der Waals surface area contributed by atoms with E-state index in [1.165, 1.54) is 11.8 Å². The van der Waals surface area contributed by atoms with E-state index in [0.29, 0.717) is 18.2 Å². The largest absolute Gasteiger partial charge is 0.497 e. The highest BCUT2D eigenvalue weighted by Crippen LogP contribution is 2.25. The van der Waals surface area contributed by atoms with Crippen molar-refractivity contribution in [1.29, 1.82) is 0 Å². The summed E-state index contributed by atoms with van der Waals surface area (Å²) < 4.78 is 12.6. The van der Waals surface area contributed by atoms with E-state index in [-0.39, 0.29) is 11.7 Å². The predicted octanol–water partition coefficient (Wildman–Crippen LogP) is 4.40. The topological polar surface area (TPSA) is 73.4 Å². The molecular formula is C24H24N4O3S. The summed E-state index contributed by atoms with van der Waals surface area (Å²) in [6, 6.07) is 21.3. The highest BCUT2D eigenvalue weighted by Gasteiger charge is 2.19. The maximum absolute atomic E-state index is 13.1. The molecule has 0 saturated heterocycles. The fraction of sp³-hybridized carbons (Fsp3) is 0.208. The number of hydrogen-bond acceptors (Lipinski definition) is 6. The number of carbonyl (C=O) groups excluding carboxylic acids is 1. The monoisotopic (exact) mass is 448 g/mol. The van der Waals surface area contributed by atoms with E-state index in [1.807, 2.05) is 78.3 Å². The van der Waals surface area contributed by atoms with Gasteiger partial charge < -0.3 is 18.6 Å². The zero-order chi connectivity index (χ0) is 22.3. The first-order valence-electron chi connectivity index (χ1n) is 10.1. The number of aromatic nitrogens is 3. The minimum Gasteiger partial charge on any atom is -0.497 e. The standard InChI is InChI=1S/C24H24N4O3S/c1-27-23(19-10-12-20(30-2)13-11-19)25-26-24(27)32-17-22(29)28(16-21-9-6-14-31-21)15-18-7-4-3-5-8-18/h3-14H,15-17H2,1-2H3. The van der Waals surface area contributed by atoms with Crippen molar-refractivity contribution in [2.45, 2.75) is 18.2 Å². The Morgan fingerprint density at radius 2 is 1.81 bits per heavy atom. The Morgan fingerprint density at radius 1 is 1.03 bits per heavy atom. The molecule has 0 fully saturated rings. The molecule has 0 aliphatic heterocycles. The lowest BCUT2D eigenvalue weighted by Crippen LogP contribution is -2.31. The van der Waals surface area contributed by atoms with Crippen molar-refractivity contribution < 1.29 is 13.9 Å². The van der Waals surface area contributed by atoms with Crippen molar-refractivity contribution in [3.63, 3.8) is 0 Å². The van der Waals surface area contributed by atoms with Crippen molar-refractivity contribution in [3.05, 3.63) is 84.3 Å². The van der Waals surface area contributed by atoms with Crippen LogP contribution in [0.25, 0.3) is 11.4 Å². The number of ether oxygens (including phenoxy) is 1. The number of carbonyl (C=O) groups is 1. The second kappa shape index (κ2) is 10.2. The van der Waals surface area contributed by atoms with Gasteiger partial charge in [0.05, 0.1) is 25.7 Å². The van der Waals surface area contributed by atoms with Gasteiger partial charge in [-0.3, -0.25) is 4.79 Å². The van der Waals surface area contributed by atoms with Gasteiger partial charge in [-0.1, -0.05) is 42.1 Å². The SMILES string of the molecule is COc1ccc(-c2nnc(SCC(=O)N(Cc3ccccc3)Cc3ccco3)n2C)cc1. The van der Waals surface area contributed by atoms with Crippen molar-refractivity contribution in [1.82, 2.24) is 19.7 Å². The first-order valence-corrected chi connectivity index (χ1v) is 11.1. The molecule has 32 heavy (non-hydrogen) atoms. The molecule has 0 aliphatic carbocycles. The third kappa shape index (κ3) is 5.20. The van der Waals surface area contributed by atoms with E-state index in [4.69, 9.17) is 9.15 Å². The molecule has 2 heterocycles. The third-order valence-corrected chi connectivity index (χ3v) is 6.01. The number of furan rings is 1. The first kappa shape index (κ1) is 21.7. The lowest BCUT2D eigenvalue weighted by molar-refractivity contribution is -0.129.